The summed E-state index contributed by atoms with van der Waals surface area (Å²) in [5.41, 5.74) is 2.05. The Balaban J connectivity index is 2.10. The number of allylic oxidation sites excluding steroid dienone is 1. The number of hydrogen-bond acceptors (Lipinski definition) is 4. The monoisotopic (exact) mass is 340 g/mol. The molecule has 0 saturated heterocycles. The van der Waals surface area contributed by atoms with E-state index < -0.39 is 16.0 Å². The highest BCUT2D eigenvalue weighted by molar-refractivity contribution is 7.89. The largest absolute Gasteiger partial charge is 0.464 e. The third-order valence-electron chi connectivity index (χ3n) is 4.30. The van der Waals surface area contributed by atoms with Crippen LogP contribution in [0.4, 0.5) is 0 Å². The van der Waals surface area contributed by atoms with Gasteiger partial charge in [-0.15, -0.1) is 0 Å². The maximum atomic E-state index is 12.5. The first-order chi connectivity index (χ1) is 10.9. The number of ether oxygens (including phenoxy) is 1. The molecule has 128 valence electrons. The highest BCUT2D eigenvalue weighted by atomic mass is 32.2. The zero-order chi connectivity index (χ0) is 17.0. The molecule has 7 heteroatoms. The number of nitrogens with zero attached hydrogens (tertiary/aromatic N) is 1. The van der Waals surface area contributed by atoms with Crippen LogP contribution in [0.15, 0.2) is 22.6 Å². The van der Waals surface area contributed by atoms with Gasteiger partial charge in [0.15, 0.2) is 0 Å². The van der Waals surface area contributed by atoms with Crippen molar-refractivity contribution in [3.63, 3.8) is 0 Å². The molecular formula is C16H24N2O4S. The van der Waals surface area contributed by atoms with Gasteiger partial charge in [-0.1, -0.05) is 11.6 Å². The lowest BCUT2D eigenvalue weighted by Crippen LogP contribution is -2.25. The van der Waals surface area contributed by atoms with Crippen LogP contribution in [-0.4, -0.2) is 32.6 Å². The van der Waals surface area contributed by atoms with Crippen LogP contribution in [0.2, 0.25) is 0 Å². The van der Waals surface area contributed by atoms with E-state index in [-0.39, 0.29) is 10.6 Å². The molecule has 0 radical (unpaired) electrons. The van der Waals surface area contributed by atoms with Crippen molar-refractivity contribution in [3.05, 3.63) is 29.1 Å². The lowest BCUT2D eigenvalue weighted by atomic mass is 9.97. The SMILES string of the molecule is COC(=O)c1cc(S(=O)(=O)NCCC2=CCCCC2)c(C)n1C. The molecule has 1 N–H and O–H groups in total. The van der Waals surface area contributed by atoms with Gasteiger partial charge in [-0.2, -0.15) is 0 Å². The Morgan fingerprint density at radius 1 is 1.39 bits per heavy atom. The summed E-state index contributed by atoms with van der Waals surface area (Å²) in [5, 5.41) is 0. The summed E-state index contributed by atoms with van der Waals surface area (Å²) < 4.78 is 33.8. The number of rotatable bonds is 6. The van der Waals surface area contributed by atoms with E-state index in [9.17, 15) is 13.2 Å². The molecule has 2 rings (SSSR count). The first-order valence-corrected chi connectivity index (χ1v) is 9.27. The summed E-state index contributed by atoms with van der Waals surface area (Å²) in [6.07, 6.45) is 7.48. The second-order valence-electron chi connectivity index (χ2n) is 5.79. The maximum absolute atomic E-state index is 12.5. The smallest absolute Gasteiger partial charge is 0.354 e. The van der Waals surface area contributed by atoms with Crippen LogP contribution in [0, 0.1) is 6.92 Å². The first kappa shape index (κ1) is 17.7. The Kier molecular flexibility index (Phi) is 5.64. The van der Waals surface area contributed by atoms with Gasteiger partial charge >= 0.3 is 5.97 Å². The van der Waals surface area contributed by atoms with Crippen LogP contribution >= 0.6 is 0 Å². The summed E-state index contributed by atoms with van der Waals surface area (Å²) >= 11 is 0. The van der Waals surface area contributed by atoms with Crippen molar-refractivity contribution in [1.29, 1.82) is 0 Å². The Morgan fingerprint density at radius 2 is 2.13 bits per heavy atom. The molecule has 0 amide bonds. The van der Waals surface area contributed by atoms with Crippen LogP contribution in [0.25, 0.3) is 0 Å². The molecule has 1 aliphatic carbocycles. The van der Waals surface area contributed by atoms with Crippen molar-refractivity contribution < 1.29 is 17.9 Å². The number of aromatic nitrogens is 1. The Bertz CT molecular complexity index is 717. The average molecular weight is 340 g/mol. The third-order valence-corrected chi connectivity index (χ3v) is 5.87. The van der Waals surface area contributed by atoms with Crippen molar-refractivity contribution in [3.8, 4) is 0 Å². The average Bonchev–Trinajstić information content (AvgIpc) is 2.84. The molecule has 1 aromatic rings. The van der Waals surface area contributed by atoms with Gasteiger partial charge in [0.05, 0.1) is 7.11 Å². The van der Waals surface area contributed by atoms with Crippen molar-refractivity contribution in [2.24, 2.45) is 7.05 Å². The molecule has 0 saturated carbocycles. The standard InChI is InChI=1S/C16H24N2O4S/c1-12-15(11-14(18(12)2)16(19)22-3)23(20,21)17-10-9-13-7-5-4-6-8-13/h7,11,17H,4-6,8-10H2,1-3H3. The van der Waals surface area contributed by atoms with Gasteiger partial charge in [0.1, 0.15) is 10.6 Å². The minimum atomic E-state index is -3.64. The number of carbonyl (C=O) groups excluding carboxylic acids is 1. The molecule has 1 heterocycles. The second kappa shape index (κ2) is 7.31. The molecular weight excluding hydrogens is 316 g/mol. The van der Waals surface area contributed by atoms with E-state index in [0.717, 1.165) is 19.3 Å². The summed E-state index contributed by atoms with van der Waals surface area (Å²) in [4.78, 5) is 11.8. The van der Waals surface area contributed by atoms with Crippen molar-refractivity contribution in [2.45, 2.75) is 43.9 Å². The van der Waals surface area contributed by atoms with Gasteiger partial charge in [0, 0.05) is 19.3 Å². The van der Waals surface area contributed by atoms with Gasteiger partial charge in [-0.05, 0) is 45.1 Å². The predicted molar refractivity (Wildman–Crippen MR) is 87.8 cm³/mol. The van der Waals surface area contributed by atoms with E-state index in [2.05, 4.69) is 15.5 Å². The molecule has 1 aliphatic rings. The summed E-state index contributed by atoms with van der Waals surface area (Å²) in [6.45, 7) is 2.04. The molecule has 6 nitrogen and oxygen atoms in total. The summed E-state index contributed by atoms with van der Waals surface area (Å²) in [7, 11) is -0.722. The van der Waals surface area contributed by atoms with E-state index >= 15 is 0 Å². The minimum absolute atomic E-state index is 0.123. The van der Waals surface area contributed by atoms with Gasteiger partial charge in [-0.3, -0.25) is 0 Å². The number of hydrogen-bond donors (Lipinski definition) is 1. The molecule has 0 fully saturated rings. The molecule has 0 unspecified atom stereocenters. The fourth-order valence-electron chi connectivity index (χ4n) is 2.80. The van der Waals surface area contributed by atoms with Crippen molar-refractivity contribution in [2.75, 3.05) is 13.7 Å². The Morgan fingerprint density at radius 3 is 2.74 bits per heavy atom. The fraction of sp³-hybridized carbons (Fsp3) is 0.562. The van der Waals surface area contributed by atoms with Gasteiger partial charge in [-0.25, -0.2) is 17.9 Å². The molecule has 0 aromatic carbocycles. The molecule has 0 bridgehead atoms. The fourth-order valence-corrected chi connectivity index (χ4v) is 4.12. The lowest BCUT2D eigenvalue weighted by Gasteiger charge is -2.13. The van der Waals surface area contributed by atoms with E-state index in [1.54, 1.807) is 14.0 Å². The van der Waals surface area contributed by atoms with Crippen LogP contribution in [-0.2, 0) is 21.8 Å². The van der Waals surface area contributed by atoms with E-state index in [4.69, 9.17) is 0 Å². The first-order valence-electron chi connectivity index (χ1n) is 7.79. The number of methoxy groups -OCH3 is 1. The van der Waals surface area contributed by atoms with Crippen LogP contribution < -0.4 is 4.72 Å². The number of carbonyl (C=O) groups is 1. The molecule has 0 atom stereocenters. The molecule has 0 aliphatic heterocycles. The Labute approximate surface area is 137 Å². The zero-order valence-electron chi connectivity index (χ0n) is 13.9. The molecule has 23 heavy (non-hydrogen) atoms. The Hall–Kier alpha value is -1.60. The molecule has 1 aromatic heterocycles. The summed E-state index contributed by atoms with van der Waals surface area (Å²) in [6, 6.07) is 1.36. The predicted octanol–water partition coefficient (Wildman–Crippen LogP) is 2.29. The van der Waals surface area contributed by atoms with Gasteiger partial charge in [0.25, 0.3) is 0 Å². The van der Waals surface area contributed by atoms with E-state index in [1.165, 1.54) is 36.2 Å². The molecule has 0 spiro atoms. The van der Waals surface area contributed by atoms with Crippen molar-refractivity contribution in [1.82, 2.24) is 9.29 Å². The number of esters is 1. The number of nitrogens with one attached hydrogen (secondary N) is 1. The van der Waals surface area contributed by atoms with Crippen LogP contribution in [0.5, 0.6) is 0 Å². The quantitative estimate of drug-likeness (QED) is 0.637. The lowest BCUT2D eigenvalue weighted by molar-refractivity contribution is 0.0589. The van der Waals surface area contributed by atoms with E-state index in [0.29, 0.717) is 12.2 Å². The van der Waals surface area contributed by atoms with Gasteiger partial charge in [0.2, 0.25) is 10.0 Å². The topological polar surface area (TPSA) is 77.4 Å². The number of sulfonamides is 1. The van der Waals surface area contributed by atoms with Crippen molar-refractivity contribution >= 4 is 16.0 Å². The summed E-state index contributed by atoms with van der Waals surface area (Å²) in [5.74, 6) is -0.551. The minimum Gasteiger partial charge on any atom is -0.464 e. The van der Waals surface area contributed by atoms with Crippen LogP contribution in [0.3, 0.4) is 0 Å². The second-order valence-corrected chi connectivity index (χ2v) is 7.52. The van der Waals surface area contributed by atoms with Gasteiger partial charge < -0.3 is 9.30 Å². The zero-order valence-corrected chi connectivity index (χ0v) is 14.7. The highest BCUT2D eigenvalue weighted by Crippen LogP contribution is 2.22. The third kappa shape index (κ3) is 4.03. The maximum Gasteiger partial charge on any atom is 0.354 e. The highest BCUT2D eigenvalue weighted by Gasteiger charge is 2.24. The van der Waals surface area contributed by atoms with E-state index in [1.807, 2.05) is 0 Å². The van der Waals surface area contributed by atoms with Crippen LogP contribution in [0.1, 0.15) is 48.3 Å². The normalized spacial score (nSPS) is 15.3.